The van der Waals surface area contributed by atoms with E-state index < -0.39 is 0 Å². The summed E-state index contributed by atoms with van der Waals surface area (Å²) in [5.74, 6) is -0.0821. The van der Waals surface area contributed by atoms with Crippen LogP contribution in [-0.4, -0.2) is 10.9 Å². The van der Waals surface area contributed by atoms with Crippen molar-refractivity contribution in [2.24, 2.45) is 0 Å². The van der Waals surface area contributed by atoms with Crippen molar-refractivity contribution in [2.45, 2.75) is 6.54 Å². The molecule has 2 heterocycles. The number of aromatic nitrogens is 1. The molecule has 1 aliphatic heterocycles. The van der Waals surface area contributed by atoms with Crippen molar-refractivity contribution >= 4 is 21.8 Å². The van der Waals surface area contributed by atoms with Gasteiger partial charge in [0.1, 0.15) is 5.69 Å². The third-order valence-corrected chi connectivity index (χ3v) is 2.38. The van der Waals surface area contributed by atoms with Crippen LogP contribution in [0.2, 0.25) is 0 Å². The molecule has 0 saturated heterocycles. The average molecular weight is 213 g/mol. The zero-order valence-electron chi connectivity index (χ0n) is 5.60. The number of hydrogen-bond donors (Lipinski definition) is 1. The standard InChI is InChI=1S/C7H5BrN2O/c8-5-1-2-9-6-4(5)3-10-7(6)11/h1-2H,3H2,(H,10,11). The summed E-state index contributed by atoms with van der Waals surface area (Å²) < 4.78 is 0.945. The lowest BCUT2D eigenvalue weighted by molar-refractivity contribution is 0.0961. The molecule has 0 aliphatic carbocycles. The topological polar surface area (TPSA) is 42.0 Å². The van der Waals surface area contributed by atoms with Crippen LogP contribution in [0, 0.1) is 0 Å². The van der Waals surface area contributed by atoms with E-state index in [4.69, 9.17) is 0 Å². The summed E-state index contributed by atoms with van der Waals surface area (Å²) in [5.41, 5.74) is 1.50. The number of nitrogens with zero attached hydrogens (tertiary/aromatic N) is 1. The van der Waals surface area contributed by atoms with Crippen molar-refractivity contribution in [3.63, 3.8) is 0 Å². The second kappa shape index (κ2) is 2.30. The Kier molecular flexibility index (Phi) is 1.42. The van der Waals surface area contributed by atoms with Gasteiger partial charge in [0.25, 0.3) is 5.91 Å². The first kappa shape index (κ1) is 6.79. The Hall–Kier alpha value is -0.900. The Morgan fingerprint density at radius 2 is 2.45 bits per heavy atom. The van der Waals surface area contributed by atoms with E-state index in [1.165, 1.54) is 0 Å². The second-order valence-corrected chi connectivity index (χ2v) is 3.16. The Morgan fingerprint density at radius 1 is 1.64 bits per heavy atom. The van der Waals surface area contributed by atoms with Gasteiger partial charge in [-0.25, -0.2) is 0 Å². The normalized spacial score (nSPS) is 14.5. The molecule has 0 fully saturated rings. The lowest BCUT2D eigenvalue weighted by atomic mass is 10.2. The van der Waals surface area contributed by atoms with E-state index >= 15 is 0 Å². The molecule has 0 aromatic carbocycles. The summed E-state index contributed by atoms with van der Waals surface area (Å²) in [6, 6.07) is 1.83. The van der Waals surface area contributed by atoms with Gasteiger partial charge in [-0.3, -0.25) is 9.78 Å². The molecule has 11 heavy (non-hydrogen) atoms. The monoisotopic (exact) mass is 212 g/mol. The van der Waals surface area contributed by atoms with E-state index in [2.05, 4.69) is 26.2 Å². The van der Waals surface area contributed by atoms with E-state index in [0.717, 1.165) is 10.0 Å². The second-order valence-electron chi connectivity index (χ2n) is 2.30. The van der Waals surface area contributed by atoms with Crippen molar-refractivity contribution in [1.82, 2.24) is 10.3 Å². The number of carbonyl (C=O) groups excluding carboxylic acids is 1. The fourth-order valence-corrected chi connectivity index (χ4v) is 1.53. The zero-order chi connectivity index (χ0) is 7.84. The highest BCUT2D eigenvalue weighted by Gasteiger charge is 2.21. The van der Waals surface area contributed by atoms with Crippen LogP contribution in [0.15, 0.2) is 16.7 Å². The third kappa shape index (κ3) is 0.939. The van der Waals surface area contributed by atoms with E-state index in [-0.39, 0.29) is 5.91 Å². The number of hydrogen-bond acceptors (Lipinski definition) is 2. The predicted octanol–water partition coefficient (Wildman–Crippen LogP) is 1.09. The molecule has 3 nitrogen and oxygen atoms in total. The lowest BCUT2D eigenvalue weighted by Gasteiger charge is -1.95. The minimum absolute atomic E-state index is 0.0821. The van der Waals surface area contributed by atoms with Gasteiger partial charge in [0.05, 0.1) is 0 Å². The molecule has 0 bridgehead atoms. The first-order chi connectivity index (χ1) is 5.29. The highest BCUT2D eigenvalue weighted by atomic mass is 79.9. The molecule has 0 saturated carbocycles. The summed E-state index contributed by atoms with van der Waals surface area (Å²) in [4.78, 5) is 15.0. The SMILES string of the molecule is O=C1NCc2c(Br)ccnc21. The summed E-state index contributed by atoms with van der Waals surface area (Å²) in [5, 5.41) is 2.69. The van der Waals surface area contributed by atoms with Crippen LogP contribution in [-0.2, 0) is 6.54 Å². The molecule has 0 radical (unpaired) electrons. The Morgan fingerprint density at radius 3 is 3.18 bits per heavy atom. The van der Waals surface area contributed by atoms with Crippen LogP contribution in [0.4, 0.5) is 0 Å². The highest BCUT2D eigenvalue weighted by Crippen LogP contribution is 2.21. The molecule has 2 rings (SSSR count). The zero-order valence-corrected chi connectivity index (χ0v) is 7.18. The van der Waals surface area contributed by atoms with E-state index in [9.17, 15) is 4.79 Å². The van der Waals surface area contributed by atoms with Gasteiger partial charge in [0.15, 0.2) is 0 Å². The van der Waals surface area contributed by atoms with E-state index in [1.54, 1.807) is 6.20 Å². The molecule has 0 unspecified atom stereocenters. The number of amides is 1. The summed E-state index contributed by atoms with van der Waals surface area (Å²) in [7, 11) is 0. The third-order valence-electron chi connectivity index (χ3n) is 1.64. The number of halogens is 1. The van der Waals surface area contributed by atoms with Gasteiger partial charge in [0, 0.05) is 22.8 Å². The molecule has 56 valence electrons. The van der Waals surface area contributed by atoms with Crippen molar-refractivity contribution < 1.29 is 4.79 Å². The van der Waals surface area contributed by atoms with Crippen molar-refractivity contribution in [1.29, 1.82) is 0 Å². The number of pyridine rings is 1. The van der Waals surface area contributed by atoms with Crippen LogP contribution < -0.4 is 5.32 Å². The minimum atomic E-state index is -0.0821. The Bertz CT molecular complexity index is 324. The molecule has 1 aliphatic rings. The molecule has 0 spiro atoms. The highest BCUT2D eigenvalue weighted by molar-refractivity contribution is 9.10. The molecule has 1 N–H and O–H groups in total. The van der Waals surface area contributed by atoms with Crippen LogP contribution in [0.25, 0.3) is 0 Å². The van der Waals surface area contributed by atoms with Gasteiger partial charge in [-0.1, -0.05) is 15.9 Å². The van der Waals surface area contributed by atoms with Gasteiger partial charge >= 0.3 is 0 Å². The number of rotatable bonds is 0. The van der Waals surface area contributed by atoms with Gasteiger partial charge in [-0.2, -0.15) is 0 Å². The van der Waals surface area contributed by atoms with Gasteiger partial charge in [0.2, 0.25) is 0 Å². The van der Waals surface area contributed by atoms with E-state index in [1.807, 2.05) is 6.07 Å². The number of nitrogens with one attached hydrogen (secondary N) is 1. The molecule has 0 atom stereocenters. The Labute approximate surface area is 72.0 Å². The first-order valence-corrected chi connectivity index (χ1v) is 4.00. The maximum atomic E-state index is 11.0. The lowest BCUT2D eigenvalue weighted by Crippen LogP contribution is -2.13. The summed E-state index contributed by atoms with van der Waals surface area (Å²) >= 11 is 3.34. The molecule has 1 aromatic heterocycles. The van der Waals surface area contributed by atoms with Crippen LogP contribution in [0.1, 0.15) is 16.1 Å². The summed E-state index contributed by atoms with van der Waals surface area (Å²) in [6.45, 7) is 0.586. The van der Waals surface area contributed by atoms with Crippen LogP contribution in [0.5, 0.6) is 0 Å². The molecular formula is C7H5BrN2O. The maximum absolute atomic E-state index is 11.0. The predicted molar refractivity (Wildman–Crippen MR) is 43.1 cm³/mol. The fraction of sp³-hybridized carbons (Fsp3) is 0.143. The average Bonchev–Trinajstić information content (AvgIpc) is 2.35. The van der Waals surface area contributed by atoms with E-state index in [0.29, 0.717) is 12.2 Å². The maximum Gasteiger partial charge on any atom is 0.270 e. The van der Waals surface area contributed by atoms with Gasteiger partial charge in [-0.05, 0) is 6.07 Å². The number of fused-ring (bicyclic) bond motifs is 1. The largest absolute Gasteiger partial charge is 0.346 e. The minimum Gasteiger partial charge on any atom is -0.346 e. The summed E-state index contributed by atoms with van der Waals surface area (Å²) in [6.07, 6.45) is 1.62. The van der Waals surface area contributed by atoms with Crippen LogP contribution >= 0.6 is 15.9 Å². The molecule has 4 heteroatoms. The van der Waals surface area contributed by atoms with Crippen molar-refractivity contribution in [2.75, 3.05) is 0 Å². The molecule has 1 amide bonds. The molecule has 1 aromatic rings. The quantitative estimate of drug-likeness (QED) is 0.700. The van der Waals surface area contributed by atoms with Crippen molar-refractivity contribution in [3.8, 4) is 0 Å². The van der Waals surface area contributed by atoms with Crippen LogP contribution in [0.3, 0.4) is 0 Å². The van der Waals surface area contributed by atoms with Gasteiger partial charge < -0.3 is 5.32 Å². The van der Waals surface area contributed by atoms with Crippen molar-refractivity contribution in [3.05, 3.63) is 28.0 Å². The number of carbonyl (C=O) groups is 1. The molecular weight excluding hydrogens is 208 g/mol. The smallest absolute Gasteiger partial charge is 0.270 e. The Balaban J connectivity index is 2.66. The first-order valence-electron chi connectivity index (χ1n) is 3.20. The van der Waals surface area contributed by atoms with Gasteiger partial charge in [-0.15, -0.1) is 0 Å². The fourth-order valence-electron chi connectivity index (χ4n) is 1.09.